The SMILES string of the molecule is c1ccc(-c2cc(-c3ccccc3)cc(-c3ccc(-n4c5ccccc5c5c6cc7c(cc6ccc54)c4ccccc4n7-c4ccccc4)cc3)c2)cc1. The first-order valence-electron chi connectivity index (χ1n) is 18.6. The third-order valence-electron chi connectivity index (χ3n) is 11.1. The molecule has 0 radical (unpaired) electrons. The Bertz CT molecular complexity index is 3110. The second kappa shape index (κ2) is 12.2. The lowest BCUT2D eigenvalue weighted by atomic mass is 9.93. The predicted molar refractivity (Wildman–Crippen MR) is 229 cm³/mol. The maximum atomic E-state index is 2.43. The van der Waals surface area contributed by atoms with E-state index in [0.29, 0.717) is 0 Å². The molecule has 9 aromatic carbocycles. The van der Waals surface area contributed by atoms with Gasteiger partial charge in [-0.2, -0.15) is 0 Å². The minimum Gasteiger partial charge on any atom is -0.309 e. The van der Waals surface area contributed by atoms with Crippen LogP contribution in [-0.4, -0.2) is 9.13 Å². The number of para-hydroxylation sites is 3. The van der Waals surface area contributed by atoms with Crippen molar-refractivity contribution in [3.8, 4) is 44.8 Å². The third kappa shape index (κ3) is 4.81. The summed E-state index contributed by atoms with van der Waals surface area (Å²) in [7, 11) is 0. The van der Waals surface area contributed by atoms with Gasteiger partial charge in [0.05, 0.1) is 22.1 Å². The predicted octanol–water partition coefficient (Wildman–Crippen LogP) is 14.0. The Morgan fingerprint density at radius 1 is 0.241 bits per heavy atom. The summed E-state index contributed by atoms with van der Waals surface area (Å²) in [6.45, 7) is 0. The average molecular weight is 687 g/mol. The summed E-state index contributed by atoms with van der Waals surface area (Å²) in [4.78, 5) is 0. The van der Waals surface area contributed by atoms with Gasteiger partial charge in [-0.15, -0.1) is 0 Å². The van der Waals surface area contributed by atoms with Crippen molar-refractivity contribution in [2.45, 2.75) is 0 Å². The van der Waals surface area contributed by atoms with E-state index in [1.165, 1.54) is 93.5 Å². The van der Waals surface area contributed by atoms with Gasteiger partial charge >= 0.3 is 0 Å². The van der Waals surface area contributed by atoms with Gasteiger partial charge in [-0.3, -0.25) is 0 Å². The summed E-state index contributed by atoms with van der Waals surface area (Å²) >= 11 is 0. The summed E-state index contributed by atoms with van der Waals surface area (Å²) in [5.41, 5.74) is 14.4. The first kappa shape index (κ1) is 30.5. The normalized spacial score (nSPS) is 11.7. The summed E-state index contributed by atoms with van der Waals surface area (Å²) in [5, 5.41) is 7.59. The van der Waals surface area contributed by atoms with Crippen LogP contribution in [0, 0.1) is 0 Å². The molecule has 0 unspecified atom stereocenters. The van der Waals surface area contributed by atoms with Crippen LogP contribution >= 0.6 is 0 Å². The van der Waals surface area contributed by atoms with Crippen LogP contribution in [0.3, 0.4) is 0 Å². The Morgan fingerprint density at radius 2 is 0.722 bits per heavy atom. The van der Waals surface area contributed by atoms with Gasteiger partial charge in [-0.05, 0) is 117 Å². The number of hydrogen-bond acceptors (Lipinski definition) is 0. The van der Waals surface area contributed by atoms with E-state index in [-0.39, 0.29) is 0 Å². The summed E-state index contributed by atoms with van der Waals surface area (Å²) in [6, 6.07) is 75.2. The van der Waals surface area contributed by atoms with Crippen LogP contribution in [0.2, 0.25) is 0 Å². The molecule has 0 fully saturated rings. The summed E-state index contributed by atoms with van der Waals surface area (Å²) in [5.74, 6) is 0. The van der Waals surface area contributed by atoms with E-state index in [9.17, 15) is 0 Å². The number of aromatic nitrogens is 2. The first-order chi connectivity index (χ1) is 26.8. The molecular formula is C52H34N2. The molecule has 11 rings (SSSR count). The maximum Gasteiger partial charge on any atom is 0.0547 e. The molecule has 252 valence electrons. The number of hydrogen-bond donors (Lipinski definition) is 0. The van der Waals surface area contributed by atoms with Crippen molar-refractivity contribution in [3.63, 3.8) is 0 Å². The zero-order valence-corrected chi connectivity index (χ0v) is 29.5. The molecule has 0 saturated heterocycles. The lowest BCUT2D eigenvalue weighted by Crippen LogP contribution is -1.94. The fourth-order valence-electron chi connectivity index (χ4n) is 8.58. The van der Waals surface area contributed by atoms with E-state index in [2.05, 4.69) is 215 Å². The zero-order valence-electron chi connectivity index (χ0n) is 29.5. The zero-order chi connectivity index (χ0) is 35.6. The summed E-state index contributed by atoms with van der Waals surface area (Å²) in [6.07, 6.45) is 0. The van der Waals surface area contributed by atoms with E-state index in [1.807, 2.05) is 0 Å². The van der Waals surface area contributed by atoms with Crippen molar-refractivity contribution in [2.24, 2.45) is 0 Å². The van der Waals surface area contributed by atoms with Gasteiger partial charge in [-0.1, -0.05) is 133 Å². The van der Waals surface area contributed by atoms with E-state index < -0.39 is 0 Å². The molecule has 2 heterocycles. The highest BCUT2D eigenvalue weighted by molar-refractivity contribution is 6.25. The molecule has 0 aliphatic heterocycles. The monoisotopic (exact) mass is 686 g/mol. The van der Waals surface area contributed by atoms with E-state index in [4.69, 9.17) is 0 Å². The van der Waals surface area contributed by atoms with Crippen LogP contribution in [0.1, 0.15) is 0 Å². The molecule has 0 bridgehead atoms. The van der Waals surface area contributed by atoms with Gasteiger partial charge < -0.3 is 9.13 Å². The molecule has 11 aromatic rings. The van der Waals surface area contributed by atoms with Gasteiger partial charge in [0.1, 0.15) is 0 Å². The second-order valence-corrected chi connectivity index (χ2v) is 14.2. The van der Waals surface area contributed by atoms with Crippen molar-refractivity contribution < 1.29 is 0 Å². The topological polar surface area (TPSA) is 9.86 Å². The second-order valence-electron chi connectivity index (χ2n) is 14.2. The van der Waals surface area contributed by atoms with Gasteiger partial charge in [-0.25, -0.2) is 0 Å². The van der Waals surface area contributed by atoms with Gasteiger partial charge in [0, 0.05) is 32.9 Å². The molecule has 2 heteroatoms. The van der Waals surface area contributed by atoms with Crippen molar-refractivity contribution in [1.29, 1.82) is 0 Å². The quantitative estimate of drug-likeness (QED) is 0.171. The lowest BCUT2D eigenvalue weighted by Gasteiger charge is -2.13. The van der Waals surface area contributed by atoms with Crippen molar-refractivity contribution in [2.75, 3.05) is 0 Å². The van der Waals surface area contributed by atoms with Crippen molar-refractivity contribution in [1.82, 2.24) is 9.13 Å². The molecule has 0 N–H and O–H groups in total. The van der Waals surface area contributed by atoms with Crippen LogP contribution in [0.4, 0.5) is 0 Å². The van der Waals surface area contributed by atoms with Crippen LogP contribution in [0.5, 0.6) is 0 Å². The molecule has 2 nitrogen and oxygen atoms in total. The average Bonchev–Trinajstić information content (AvgIpc) is 3.76. The Balaban J connectivity index is 1.10. The van der Waals surface area contributed by atoms with Crippen LogP contribution in [-0.2, 0) is 0 Å². The number of benzene rings is 9. The molecule has 0 aliphatic rings. The van der Waals surface area contributed by atoms with E-state index in [1.54, 1.807) is 0 Å². The Kier molecular flexibility index (Phi) is 6.90. The van der Waals surface area contributed by atoms with Crippen LogP contribution in [0.25, 0.3) is 99.1 Å². The number of fused-ring (bicyclic) bond motifs is 8. The molecule has 0 saturated carbocycles. The van der Waals surface area contributed by atoms with Gasteiger partial charge in [0.15, 0.2) is 0 Å². The largest absolute Gasteiger partial charge is 0.309 e. The van der Waals surface area contributed by atoms with Crippen molar-refractivity contribution >= 4 is 54.4 Å². The van der Waals surface area contributed by atoms with Crippen LogP contribution in [0.15, 0.2) is 206 Å². The van der Waals surface area contributed by atoms with Gasteiger partial charge in [0.25, 0.3) is 0 Å². The molecule has 54 heavy (non-hydrogen) atoms. The van der Waals surface area contributed by atoms with Gasteiger partial charge in [0.2, 0.25) is 0 Å². The highest BCUT2D eigenvalue weighted by Gasteiger charge is 2.18. The number of rotatable bonds is 5. The molecule has 0 atom stereocenters. The van der Waals surface area contributed by atoms with E-state index in [0.717, 1.165) is 5.69 Å². The Labute approximate surface area is 313 Å². The minimum atomic E-state index is 1.14. The lowest BCUT2D eigenvalue weighted by molar-refractivity contribution is 1.18. The highest BCUT2D eigenvalue weighted by Crippen LogP contribution is 2.41. The number of nitrogens with zero attached hydrogens (tertiary/aromatic N) is 2. The maximum absolute atomic E-state index is 2.43. The molecule has 0 aliphatic carbocycles. The molecule has 0 spiro atoms. The molecule has 2 aromatic heterocycles. The Hall–Kier alpha value is -7.16. The summed E-state index contributed by atoms with van der Waals surface area (Å²) < 4.78 is 4.84. The molecular weight excluding hydrogens is 653 g/mol. The third-order valence-corrected chi connectivity index (χ3v) is 11.1. The molecule has 0 amide bonds. The fourth-order valence-corrected chi connectivity index (χ4v) is 8.58. The van der Waals surface area contributed by atoms with E-state index >= 15 is 0 Å². The minimum absolute atomic E-state index is 1.14. The smallest absolute Gasteiger partial charge is 0.0547 e. The van der Waals surface area contributed by atoms with Crippen LogP contribution < -0.4 is 0 Å². The first-order valence-corrected chi connectivity index (χ1v) is 18.6. The Morgan fingerprint density at radius 3 is 1.35 bits per heavy atom. The fraction of sp³-hybridized carbons (Fsp3) is 0. The van der Waals surface area contributed by atoms with Crippen molar-refractivity contribution in [3.05, 3.63) is 206 Å². The standard InChI is InChI=1S/C52H34N2/c1-4-14-35(15-5-1)39-30-40(36-16-6-2-7-17-36)32-41(31-39)37-24-27-43(28-25-37)53-49-23-13-11-21-45(49)52-46-34-51-47(33-38(46)26-29-50(52)53)44-20-10-12-22-48(44)54(51)42-18-8-3-9-19-42/h1-34H. The highest BCUT2D eigenvalue weighted by atomic mass is 15.0.